The first kappa shape index (κ1) is 21.9. The van der Waals surface area contributed by atoms with Crippen LogP contribution in [-0.2, 0) is 4.74 Å². The van der Waals surface area contributed by atoms with Gasteiger partial charge in [-0.25, -0.2) is 5.43 Å². The van der Waals surface area contributed by atoms with Gasteiger partial charge in [0.05, 0.1) is 31.5 Å². The van der Waals surface area contributed by atoms with E-state index in [1.54, 1.807) is 25.5 Å². The number of nitrogens with one attached hydrogen (secondary N) is 2. The fraction of sp³-hybridized carbons (Fsp3) is 0.238. The largest absolute Gasteiger partial charge is 0.497 e. The van der Waals surface area contributed by atoms with Crippen LogP contribution in [-0.4, -0.2) is 59.5 Å². The molecule has 1 fully saturated rings. The zero-order valence-corrected chi connectivity index (χ0v) is 17.8. The number of ether oxygens (including phenoxy) is 2. The fourth-order valence-electron chi connectivity index (χ4n) is 3.06. The van der Waals surface area contributed by atoms with E-state index in [4.69, 9.17) is 9.47 Å². The molecule has 33 heavy (non-hydrogen) atoms. The summed E-state index contributed by atoms with van der Waals surface area (Å²) in [5.74, 6) is 1.72. The van der Waals surface area contributed by atoms with Crippen LogP contribution in [0.15, 0.2) is 53.6 Å². The number of rotatable bonds is 8. The molecular formula is C21H22N8O4. The van der Waals surface area contributed by atoms with E-state index in [0.717, 1.165) is 11.3 Å². The zero-order valence-electron chi connectivity index (χ0n) is 17.8. The molecule has 2 N–H and O–H groups in total. The molecule has 0 bridgehead atoms. The minimum absolute atomic E-state index is 0.000521. The lowest BCUT2D eigenvalue weighted by Gasteiger charge is -2.27. The third kappa shape index (κ3) is 5.89. The summed E-state index contributed by atoms with van der Waals surface area (Å²) in [6.45, 7) is 2.45. The maximum Gasteiger partial charge on any atom is 0.269 e. The van der Waals surface area contributed by atoms with Crippen molar-refractivity contribution >= 4 is 35.4 Å². The Morgan fingerprint density at radius 1 is 1.12 bits per heavy atom. The summed E-state index contributed by atoms with van der Waals surface area (Å²) in [4.78, 5) is 25.8. The van der Waals surface area contributed by atoms with Crippen molar-refractivity contribution in [1.29, 1.82) is 0 Å². The first-order valence-corrected chi connectivity index (χ1v) is 10.1. The summed E-state index contributed by atoms with van der Waals surface area (Å²) >= 11 is 0. The number of nitro benzene ring substituents is 1. The number of benzene rings is 2. The van der Waals surface area contributed by atoms with Crippen molar-refractivity contribution in [3.05, 3.63) is 64.2 Å². The van der Waals surface area contributed by atoms with Crippen LogP contribution >= 0.6 is 0 Å². The molecule has 2 heterocycles. The second-order valence-electron chi connectivity index (χ2n) is 6.96. The molecule has 12 heteroatoms. The van der Waals surface area contributed by atoms with Crippen LogP contribution in [0.1, 0.15) is 5.56 Å². The van der Waals surface area contributed by atoms with Gasteiger partial charge in [-0.05, 0) is 29.8 Å². The van der Waals surface area contributed by atoms with Crippen LogP contribution in [0.25, 0.3) is 0 Å². The first-order valence-electron chi connectivity index (χ1n) is 10.1. The summed E-state index contributed by atoms with van der Waals surface area (Å²) < 4.78 is 10.6. The second kappa shape index (κ2) is 10.3. The molecule has 1 aliphatic heterocycles. The molecule has 0 amide bonds. The molecule has 1 aromatic heterocycles. The minimum Gasteiger partial charge on any atom is -0.497 e. The van der Waals surface area contributed by atoms with Gasteiger partial charge < -0.3 is 19.7 Å². The van der Waals surface area contributed by atoms with E-state index in [2.05, 4.69) is 30.8 Å². The monoisotopic (exact) mass is 450 g/mol. The summed E-state index contributed by atoms with van der Waals surface area (Å²) in [7, 11) is 1.60. The first-order chi connectivity index (χ1) is 16.1. The number of non-ortho nitro benzene ring substituents is 1. The van der Waals surface area contributed by atoms with Crippen molar-refractivity contribution < 1.29 is 14.4 Å². The quantitative estimate of drug-likeness (QED) is 0.299. The van der Waals surface area contributed by atoms with Crippen LogP contribution in [0.2, 0.25) is 0 Å². The molecule has 1 aliphatic rings. The average molecular weight is 450 g/mol. The third-order valence-corrected chi connectivity index (χ3v) is 4.72. The van der Waals surface area contributed by atoms with E-state index in [1.807, 2.05) is 29.2 Å². The van der Waals surface area contributed by atoms with Gasteiger partial charge in [-0.3, -0.25) is 10.1 Å². The highest BCUT2D eigenvalue weighted by Gasteiger charge is 2.17. The fourth-order valence-corrected chi connectivity index (χ4v) is 3.06. The van der Waals surface area contributed by atoms with E-state index in [-0.39, 0.29) is 17.6 Å². The van der Waals surface area contributed by atoms with Crippen LogP contribution in [0.4, 0.5) is 29.2 Å². The number of methoxy groups -OCH3 is 1. The zero-order chi connectivity index (χ0) is 23.0. The highest BCUT2D eigenvalue weighted by atomic mass is 16.6. The maximum atomic E-state index is 10.9. The predicted octanol–water partition coefficient (Wildman–Crippen LogP) is 2.81. The Hall–Kier alpha value is -4.32. The minimum atomic E-state index is -0.453. The summed E-state index contributed by atoms with van der Waals surface area (Å²) in [5.41, 5.74) is 4.28. The Bertz CT molecular complexity index is 1130. The van der Waals surface area contributed by atoms with E-state index in [1.165, 1.54) is 12.1 Å². The summed E-state index contributed by atoms with van der Waals surface area (Å²) in [6.07, 6.45) is 1.63. The SMILES string of the molecule is COc1cccc(C=NNc2nc(Nc3ccc([N+](=O)[O-])cc3)nc(N3CCOCC3)n2)c1. The molecule has 0 saturated carbocycles. The third-order valence-electron chi connectivity index (χ3n) is 4.72. The van der Waals surface area contributed by atoms with Gasteiger partial charge in [-0.1, -0.05) is 12.1 Å². The Kier molecular flexibility index (Phi) is 6.85. The molecule has 12 nitrogen and oxygen atoms in total. The van der Waals surface area contributed by atoms with Gasteiger partial charge in [0.1, 0.15) is 5.75 Å². The number of aromatic nitrogens is 3. The van der Waals surface area contributed by atoms with Gasteiger partial charge in [0.25, 0.3) is 5.69 Å². The second-order valence-corrected chi connectivity index (χ2v) is 6.96. The van der Waals surface area contributed by atoms with Crippen molar-refractivity contribution in [1.82, 2.24) is 15.0 Å². The number of nitro groups is 1. The smallest absolute Gasteiger partial charge is 0.269 e. The lowest BCUT2D eigenvalue weighted by atomic mass is 10.2. The van der Waals surface area contributed by atoms with Crippen molar-refractivity contribution in [2.24, 2.45) is 5.10 Å². The van der Waals surface area contributed by atoms with Gasteiger partial charge in [-0.15, -0.1) is 0 Å². The molecule has 3 aromatic rings. The molecule has 0 unspecified atom stereocenters. The van der Waals surface area contributed by atoms with E-state index in [0.29, 0.717) is 37.9 Å². The number of hydrogen-bond donors (Lipinski definition) is 2. The predicted molar refractivity (Wildman–Crippen MR) is 123 cm³/mol. The molecule has 0 atom stereocenters. The molecule has 4 rings (SSSR count). The van der Waals surface area contributed by atoms with Crippen molar-refractivity contribution in [2.75, 3.05) is 49.1 Å². The summed E-state index contributed by atoms with van der Waals surface area (Å²) in [5, 5.41) is 18.2. The van der Waals surface area contributed by atoms with Crippen LogP contribution in [0.3, 0.4) is 0 Å². The molecule has 170 valence electrons. The van der Waals surface area contributed by atoms with Gasteiger partial charge in [-0.2, -0.15) is 20.1 Å². The van der Waals surface area contributed by atoms with Crippen molar-refractivity contribution in [3.63, 3.8) is 0 Å². The Labute approximate surface area is 189 Å². The van der Waals surface area contributed by atoms with Crippen LogP contribution < -0.4 is 20.4 Å². The molecule has 0 radical (unpaired) electrons. The van der Waals surface area contributed by atoms with Gasteiger partial charge in [0.15, 0.2) is 0 Å². The van der Waals surface area contributed by atoms with Gasteiger partial charge in [0, 0.05) is 30.9 Å². The Balaban J connectivity index is 1.55. The average Bonchev–Trinajstić information content (AvgIpc) is 2.85. The van der Waals surface area contributed by atoms with E-state index in [9.17, 15) is 10.1 Å². The maximum absolute atomic E-state index is 10.9. The number of hydrogen-bond acceptors (Lipinski definition) is 11. The molecule has 0 spiro atoms. The molecule has 2 aromatic carbocycles. The van der Waals surface area contributed by atoms with Crippen LogP contribution in [0.5, 0.6) is 5.75 Å². The van der Waals surface area contributed by atoms with Gasteiger partial charge >= 0.3 is 0 Å². The number of anilines is 4. The summed E-state index contributed by atoms with van der Waals surface area (Å²) in [6, 6.07) is 13.4. The Morgan fingerprint density at radius 2 is 1.88 bits per heavy atom. The standard InChI is InChI=1S/C21H22N8O4/c1-32-18-4-2-3-15(13-18)14-22-27-20-24-19(23-16-5-7-17(8-6-16)29(30)31)25-21(26-20)28-9-11-33-12-10-28/h2-8,13-14H,9-12H2,1H3,(H2,23,24,25,26,27). The molecule has 1 saturated heterocycles. The lowest BCUT2D eigenvalue weighted by Crippen LogP contribution is -2.37. The van der Waals surface area contributed by atoms with Crippen LogP contribution in [0, 0.1) is 10.1 Å². The lowest BCUT2D eigenvalue weighted by molar-refractivity contribution is -0.384. The van der Waals surface area contributed by atoms with E-state index < -0.39 is 4.92 Å². The number of hydrazone groups is 1. The van der Waals surface area contributed by atoms with E-state index >= 15 is 0 Å². The van der Waals surface area contributed by atoms with Crippen molar-refractivity contribution in [2.45, 2.75) is 0 Å². The topological polar surface area (TPSA) is 140 Å². The molecular weight excluding hydrogens is 428 g/mol. The normalized spacial score (nSPS) is 13.7. The van der Waals surface area contributed by atoms with Crippen molar-refractivity contribution in [3.8, 4) is 5.75 Å². The highest BCUT2D eigenvalue weighted by Crippen LogP contribution is 2.21. The van der Waals surface area contributed by atoms with Gasteiger partial charge in [0.2, 0.25) is 17.8 Å². The number of morpholine rings is 1. The highest BCUT2D eigenvalue weighted by molar-refractivity contribution is 5.80. The Morgan fingerprint density at radius 3 is 2.61 bits per heavy atom. The molecule has 0 aliphatic carbocycles. The number of nitrogens with zero attached hydrogens (tertiary/aromatic N) is 6.